The number of halogens is 1. The highest BCUT2D eigenvalue weighted by molar-refractivity contribution is 6.33. The summed E-state index contributed by atoms with van der Waals surface area (Å²) >= 11 is 6.10. The van der Waals surface area contributed by atoms with Gasteiger partial charge in [-0.1, -0.05) is 23.7 Å². The highest BCUT2D eigenvalue weighted by atomic mass is 35.5. The molecule has 0 spiro atoms. The van der Waals surface area contributed by atoms with Gasteiger partial charge in [-0.25, -0.2) is 9.59 Å². The Hall–Kier alpha value is -2.86. The van der Waals surface area contributed by atoms with Gasteiger partial charge in [0.2, 0.25) is 0 Å². The second-order valence-electron chi connectivity index (χ2n) is 5.65. The molecule has 1 aromatic carbocycles. The van der Waals surface area contributed by atoms with Crippen molar-refractivity contribution in [2.45, 2.75) is 20.3 Å². The number of oxime groups is 1. The fourth-order valence-corrected chi connectivity index (χ4v) is 2.55. The molecule has 3 rings (SSSR count). The van der Waals surface area contributed by atoms with Crippen LogP contribution in [0.1, 0.15) is 36.4 Å². The van der Waals surface area contributed by atoms with Gasteiger partial charge < -0.3 is 14.0 Å². The van der Waals surface area contributed by atoms with E-state index >= 15 is 0 Å². The highest BCUT2D eigenvalue weighted by Crippen LogP contribution is 2.28. The quantitative estimate of drug-likeness (QED) is 0.438. The van der Waals surface area contributed by atoms with Crippen molar-refractivity contribution in [1.29, 1.82) is 0 Å². The van der Waals surface area contributed by atoms with E-state index in [2.05, 4.69) is 9.99 Å². The number of furan rings is 1. The molecule has 2 aromatic rings. The fraction of sp³-hybridized carbons (Fsp3) is 0.211. The molecule has 0 saturated heterocycles. The van der Waals surface area contributed by atoms with Crippen molar-refractivity contribution in [1.82, 2.24) is 0 Å². The molecule has 2 heterocycles. The molecule has 0 unspecified atom stereocenters. The van der Waals surface area contributed by atoms with Gasteiger partial charge in [0.1, 0.15) is 11.5 Å². The molecule has 0 saturated carbocycles. The third kappa shape index (κ3) is 3.70. The Morgan fingerprint density at radius 1 is 1.31 bits per heavy atom. The minimum atomic E-state index is -0.520. The Labute approximate surface area is 155 Å². The molecule has 1 aromatic heterocycles. The van der Waals surface area contributed by atoms with Crippen molar-refractivity contribution in [2.24, 2.45) is 5.16 Å². The highest BCUT2D eigenvalue weighted by Gasteiger charge is 2.22. The van der Waals surface area contributed by atoms with Gasteiger partial charge in [0.15, 0.2) is 0 Å². The van der Waals surface area contributed by atoms with E-state index in [9.17, 15) is 9.59 Å². The number of nitrogens with zero attached hydrogens (tertiary/aromatic N) is 1. The lowest BCUT2D eigenvalue weighted by Crippen LogP contribution is -2.06. The fourth-order valence-electron chi connectivity index (χ4n) is 2.35. The SMILES string of the molecule is CCCOC(=O)c1cc(-c2ccc(C=C3C(=O)ON=C3C)o2)ccc1Cl. The predicted octanol–water partition coefficient (Wildman–Crippen LogP) is 4.48. The van der Waals surface area contributed by atoms with Crippen LogP contribution in [-0.4, -0.2) is 24.3 Å². The third-order valence-electron chi connectivity index (χ3n) is 3.70. The number of hydrogen-bond donors (Lipinski definition) is 0. The van der Waals surface area contributed by atoms with Crippen LogP contribution in [0.2, 0.25) is 5.02 Å². The molecule has 0 fully saturated rings. The zero-order valence-corrected chi connectivity index (χ0v) is 15.0. The molecular formula is C19H16ClNO5. The van der Waals surface area contributed by atoms with Crippen molar-refractivity contribution in [3.63, 3.8) is 0 Å². The molecule has 26 heavy (non-hydrogen) atoms. The predicted molar refractivity (Wildman–Crippen MR) is 96.9 cm³/mol. The number of rotatable bonds is 5. The number of ether oxygens (including phenoxy) is 1. The van der Waals surface area contributed by atoms with Gasteiger partial charge in [-0.15, -0.1) is 0 Å². The second-order valence-corrected chi connectivity index (χ2v) is 6.05. The van der Waals surface area contributed by atoms with Gasteiger partial charge in [-0.2, -0.15) is 0 Å². The van der Waals surface area contributed by atoms with Crippen molar-refractivity contribution >= 4 is 35.3 Å². The Balaban J connectivity index is 1.88. The largest absolute Gasteiger partial charge is 0.462 e. The monoisotopic (exact) mass is 373 g/mol. The molecular weight excluding hydrogens is 358 g/mol. The number of hydrogen-bond acceptors (Lipinski definition) is 6. The standard InChI is InChI=1S/C19H16ClNO5/c1-3-8-24-18(22)15-9-12(4-6-16(15)20)17-7-5-13(25-17)10-14-11(2)21-26-19(14)23/h4-7,9-10H,3,8H2,1-2H3. The molecule has 134 valence electrons. The summed E-state index contributed by atoms with van der Waals surface area (Å²) in [5.74, 6) is -0.00601. The van der Waals surface area contributed by atoms with Crippen LogP contribution >= 0.6 is 11.6 Å². The topological polar surface area (TPSA) is 78.1 Å². The van der Waals surface area contributed by atoms with Crippen LogP contribution in [0.4, 0.5) is 0 Å². The van der Waals surface area contributed by atoms with Crippen molar-refractivity contribution < 1.29 is 23.6 Å². The first-order chi connectivity index (χ1) is 12.5. The first kappa shape index (κ1) is 17.9. The van der Waals surface area contributed by atoms with E-state index in [1.54, 1.807) is 43.3 Å². The average Bonchev–Trinajstić information content (AvgIpc) is 3.22. The van der Waals surface area contributed by atoms with Crippen LogP contribution in [0.15, 0.2) is 45.5 Å². The maximum absolute atomic E-state index is 12.1. The Morgan fingerprint density at radius 3 is 2.81 bits per heavy atom. The van der Waals surface area contributed by atoms with E-state index < -0.39 is 11.9 Å². The maximum Gasteiger partial charge on any atom is 0.367 e. The minimum absolute atomic E-state index is 0.274. The van der Waals surface area contributed by atoms with Gasteiger partial charge in [-0.05, 0) is 49.8 Å². The Kier molecular flexibility index (Phi) is 5.23. The molecule has 0 bridgehead atoms. The van der Waals surface area contributed by atoms with Crippen molar-refractivity contribution in [3.05, 3.63) is 52.3 Å². The molecule has 0 atom stereocenters. The first-order valence-corrected chi connectivity index (χ1v) is 8.42. The number of carbonyl (C=O) groups excluding carboxylic acids is 2. The molecule has 0 N–H and O–H groups in total. The van der Waals surface area contributed by atoms with Crippen LogP contribution in [0, 0.1) is 0 Å². The number of carbonyl (C=O) groups is 2. The second kappa shape index (κ2) is 7.58. The summed E-state index contributed by atoms with van der Waals surface area (Å²) in [6, 6.07) is 8.43. The van der Waals surface area contributed by atoms with Crippen LogP contribution in [0.25, 0.3) is 17.4 Å². The lowest BCUT2D eigenvalue weighted by atomic mass is 10.1. The van der Waals surface area contributed by atoms with E-state index in [1.165, 1.54) is 0 Å². The van der Waals surface area contributed by atoms with Crippen LogP contribution in [0.3, 0.4) is 0 Å². The molecule has 1 aliphatic heterocycles. The summed E-state index contributed by atoms with van der Waals surface area (Å²) in [5.41, 5.74) is 1.77. The Bertz CT molecular complexity index is 926. The lowest BCUT2D eigenvalue weighted by Gasteiger charge is -2.06. The lowest BCUT2D eigenvalue weighted by molar-refractivity contribution is -0.136. The summed E-state index contributed by atoms with van der Waals surface area (Å²) in [6.45, 7) is 3.92. The summed E-state index contributed by atoms with van der Waals surface area (Å²) < 4.78 is 10.9. The minimum Gasteiger partial charge on any atom is -0.462 e. The van der Waals surface area contributed by atoms with Gasteiger partial charge in [0.25, 0.3) is 0 Å². The van der Waals surface area contributed by atoms with E-state index in [4.69, 9.17) is 20.8 Å². The Morgan fingerprint density at radius 2 is 2.12 bits per heavy atom. The van der Waals surface area contributed by atoms with Gasteiger partial charge in [0.05, 0.1) is 28.5 Å². The van der Waals surface area contributed by atoms with Gasteiger partial charge in [-0.3, -0.25) is 0 Å². The summed E-state index contributed by atoms with van der Waals surface area (Å²) in [6.07, 6.45) is 2.29. The first-order valence-electron chi connectivity index (χ1n) is 8.04. The van der Waals surface area contributed by atoms with Crippen molar-refractivity contribution in [2.75, 3.05) is 6.61 Å². The zero-order valence-electron chi connectivity index (χ0n) is 14.2. The normalized spacial score (nSPS) is 15.1. The molecule has 7 heteroatoms. The van der Waals surface area contributed by atoms with Crippen molar-refractivity contribution in [3.8, 4) is 11.3 Å². The molecule has 0 radical (unpaired) electrons. The average molecular weight is 374 g/mol. The molecule has 6 nitrogen and oxygen atoms in total. The van der Waals surface area contributed by atoms with Crippen LogP contribution < -0.4 is 0 Å². The smallest absolute Gasteiger partial charge is 0.367 e. The number of benzene rings is 1. The molecule has 1 aliphatic rings. The van der Waals surface area contributed by atoms with Gasteiger partial charge >= 0.3 is 11.9 Å². The summed E-state index contributed by atoms with van der Waals surface area (Å²) in [4.78, 5) is 28.3. The van der Waals surface area contributed by atoms with E-state index in [1.807, 2.05) is 6.92 Å². The van der Waals surface area contributed by atoms with Crippen LogP contribution in [0.5, 0.6) is 0 Å². The summed E-state index contributed by atoms with van der Waals surface area (Å²) in [5, 5.41) is 3.93. The molecule has 0 aliphatic carbocycles. The maximum atomic E-state index is 12.1. The van der Waals surface area contributed by atoms with E-state index in [0.717, 1.165) is 6.42 Å². The zero-order chi connectivity index (χ0) is 18.7. The summed E-state index contributed by atoms with van der Waals surface area (Å²) in [7, 11) is 0. The van der Waals surface area contributed by atoms with Gasteiger partial charge in [0, 0.05) is 5.56 Å². The third-order valence-corrected chi connectivity index (χ3v) is 4.03. The number of esters is 1. The van der Waals surface area contributed by atoms with Crippen LogP contribution in [-0.2, 0) is 14.4 Å². The van der Waals surface area contributed by atoms with E-state index in [0.29, 0.717) is 40.0 Å². The van der Waals surface area contributed by atoms with E-state index in [-0.39, 0.29) is 5.56 Å². The molecule has 0 amide bonds.